The van der Waals surface area contributed by atoms with Gasteiger partial charge in [-0.15, -0.1) is 12.4 Å². The number of halogens is 2. The number of likely N-dealkylation sites (N-methyl/N-ethyl adjacent to an activating group) is 1. The molecule has 1 N–H and O–H groups in total. The number of carbonyl (C=O) groups excluding carboxylic acids is 1. The van der Waals surface area contributed by atoms with Gasteiger partial charge >= 0.3 is 0 Å². The van der Waals surface area contributed by atoms with Gasteiger partial charge in [0.15, 0.2) is 0 Å². The van der Waals surface area contributed by atoms with Gasteiger partial charge in [0.05, 0.1) is 11.6 Å². The van der Waals surface area contributed by atoms with E-state index in [2.05, 4.69) is 5.32 Å². The van der Waals surface area contributed by atoms with E-state index in [-0.39, 0.29) is 18.3 Å². The Morgan fingerprint density at radius 3 is 2.90 bits per heavy atom. The molecule has 118 valence electrons. The zero-order chi connectivity index (χ0) is 14.4. The third-order valence-corrected chi connectivity index (χ3v) is 3.84. The third kappa shape index (κ3) is 5.73. The fraction of sp³-hybridized carbons (Fsp3) is 0.533. The molecule has 0 aromatic heterocycles. The fourth-order valence-corrected chi connectivity index (χ4v) is 2.47. The molecule has 1 heterocycles. The monoisotopic (exact) mass is 332 g/mol. The number of hydrogen-bond donors (Lipinski definition) is 1. The van der Waals surface area contributed by atoms with Gasteiger partial charge in [-0.2, -0.15) is 0 Å². The van der Waals surface area contributed by atoms with E-state index in [1.807, 2.05) is 25.2 Å². The summed E-state index contributed by atoms with van der Waals surface area (Å²) in [6.07, 6.45) is 2.83. The van der Waals surface area contributed by atoms with Crippen LogP contribution in [-0.4, -0.2) is 43.6 Å². The van der Waals surface area contributed by atoms with Crippen LogP contribution in [0.2, 0.25) is 5.02 Å². The van der Waals surface area contributed by atoms with Gasteiger partial charge in [0.1, 0.15) is 12.4 Å². The molecule has 1 amide bonds. The Morgan fingerprint density at radius 1 is 1.48 bits per heavy atom. The van der Waals surface area contributed by atoms with Gasteiger partial charge in [-0.25, -0.2) is 0 Å². The molecule has 1 saturated heterocycles. The average molecular weight is 333 g/mol. The number of hydrogen-bond acceptors (Lipinski definition) is 3. The first kappa shape index (κ1) is 18.1. The van der Waals surface area contributed by atoms with Crippen molar-refractivity contribution in [2.24, 2.45) is 0 Å². The largest absolute Gasteiger partial charge is 0.490 e. The van der Waals surface area contributed by atoms with E-state index in [0.29, 0.717) is 36.4 Å². The molecule has 0 spiro atoms. The third-order valence-electron chi connectivity index (χ3n) is 3.53. The number of nitrogens with one attached hydrogen (secondary N) is 1. The van der Waals surface area contributed by atoms with Crippen LogP contribution in [0.4, 0.5) is 0 Å². The number of para-hydroxylation sites is 1. The lowest BCUT2D eigenvalue weighted by Gasteiger charge is -2.19. The van der Waals surface area contributed by atoms with Gasteiger partial charge in [-0.05, 0) is 31.5 Å². The van der Waals surface area contributed by atoms with Crippen molar-refractivity contribution in [3.05, 3.63) is 29.3 Å². The van der Waals surface area contributed by atoms with Crippen LogP contribution in [0.15, 0.2) is 24.3 Å². The van der Waals surface area contributed by atoms with Crippen molar-refractivity contribution in [2.45, 2.75) is 25.3 Å². The van der Waals surface area contributed by atoms with Crippen LogP contribution in [0.1, 0.15) is 19.3 Å². The maximum absolute atomic E-state index is 12.0. The molecular weight excluding hydrogens is 311 g/mol. The molecule has 1 aliphatic heterocycles. The molecule has 0 bridgehead atoms. The molecular formula is C15H22Cl2N2O2. The maximum atomic E-state index is 12.0. The van der Waals surface area contributed by atoms with E-state index < -0.39 is 0 Å². The molecule has 1 unspecified atom stereocenters. The average Bonchev–Trinajstić information content (AvgIpc) is 2.93. The Hall–Kier alpha value is -0.970. The lowest BCUT2D eigenvalue weighted by Crippen LogP contribution is -2.35. The van der Waals surface area contributed by atoms with Crippen molar-refractivity contribution >= 4 is 29.9 Å². The fourth-order valence-electron chi connectivity index (χ4n) is 2.28. The van der Waals surface area contributed by atoms with E-state index in [0.717, 1.165) is 19.4 Å². The first-order valence-corrected chi connectivity index (χ1v) is 7.39. The first-order valence-electron chi connectivity index (χ1n) is 7.01. The van der Waals surface area contributed by atoms with Gasteiger partial charge in [-0.1, -0.05) is 23.7 Å². The highest BCUT2D eigenvalue weighted by molar-refractivity contribution is 6.32. The van der Waals surface area contributed by atoms with Crippen molar-refractivity contribution in [1.29, 1.82) is 0 Å². The zero-order valence-corrected chi connectivity index (χ0v) is 13.8. The Balaban J connectivity index is 0.00000220. The van der Waals surface area contributed by atoms with Crippen molar-refractivity contribution in [2.75, 3.05) is 26.7 Å². The van der Waals surface area contributed by atoms with Gasteiger partial charge in [0.2, 0.25) is 5.91 Å². The molecule has 1 fully saturated rings. The molecule has 21 heavy (non-hydrogen) atoms. The number of ether oxygens (including phenoxy) is 1. The molecule has 4 nitrogen and oxygen atoms in total. The predicted octanol–water partition coefficient (Wildman–Crippen LogP) is 2.74. The molecule has 6 heteroatoms. The number of nitrogens with zero attached hydrogens (tertiary/aromatic N) is 1. The number of rotatable bonds is 6. The Labute approximate surface area is 137 Å². The van der Waals surface area contributed by atoms with Gasteiger partial charge < -0.3 is 15.0 Å². The van der Waals surface area contributed by atoms with Gasteiger partial charge in [0.25, 0.3) is 0 Å². The smallest absolute Gasteiger partial charge is 0.223 e. The summed E-state index contributed by atoms with van der Waals surface area (Å²) >= 11 is 6.00. The lowest BCUT2D eigenvalue weighted by atomic mass is 10.1. The normalized spacial score (nSPS) is 17.1. The molecule has 0 aliphatic carbocycles. The standard InChI is InChI=1S/C15H21ClN2O2.ClH/c1-18(15(19)11-12-5-4-8-17-12)9-10-20-14-7-3-2-6-13(14)16;/h2-3,6-7,12,17H,4-5,8-11H2,1H3;1H. The minimum absolute atomic E-state index is 0. The van der Waals surface area contributed by atoms with E-state index in [1.54, 1.807) is 11.0 Å². The summed E-state index contributed by atoms with van der Waals surface area (Å²) in [6, 6.07) is 7.69. The van der Waals surface area contributed by atoms with Crippen LogP contribution in [0.5, 0.6) is 5.75 Å². The number of carbonyl (C=O) groups is 1. The second kappa shape index (κ2) is 9.13. The highest BCUT2D eigenvalue weighted by Crippen LogP contribution is 2.22. The Kier molecular flexibility index (Phi) is 7.86. The number of amides is 1. The second-order valence-corrected chi connectivity index (χ2v) is 5.50. The van der Waals surface area contributed by atoms with Crippen molar-refractivity contribution in [3.8, 4) is 5.75 Å². The summed E-state index contributed by atoms with van der Waals surface area (Å²) < 4.78 is 5.59. The minimum atomic E-state index is 0. The van der Waals surface area contributed by atoms with Crippen LogP contribution >= 0.6 is 24.0 Å². The quantitative estimate of drug-likeness (QED) is 0.870. The molecule has 1 aliphatic rings. The maximum Gasteiger partial charge on any atom is 0.223 e. The second-order valence-electron chi connectivity index (χ2n) is 5.09. The molecule has 0 saturated carbocycles. The Bertz CT molecular complexity index is 451. The molecule has 1 aromatic carbocycles. The molecule has 2 rings (SSSR count). The van der Waals surface area contributed by atoms with Crippen LogP contribution in [0, 0.1) is 0 Å². The topological polar surface area (TPSA) is 41.6 Å². The SMILES string of the molecule is CN(CCOc1ccccc1Cl)C(=O)CC1CCCN1.Cl. The van der Waals surface area contributed by atoms with Crippen LogP contribution < -0.4 is 10.1 Å². The van der Waals surface area contributed by atoms with Crippen molar-refractivity contribution in [3.63, 3.8) is 0 Å². The van der Waals surface area contributed by atoms with Crippen molar-refractivity contribution < 1.29 is 9.53 Å². The first-order chi connectivity index (χ1) is 9.66. The summed E-state index contributed by atoms with van der Waals surface area (Å²) in [6.45, 7) is 2.04. The molecule has 1 atom stereocenters. The summed E-state index contributed by atoms with van der Waals surface area (Å²) in [5, 5.41) is 3.93. The van der Waals surface area contributed by atoms with Crippen LogP contribution in [-0.2, 0) is 4.79 Å². The van der Waals surface area contributed by atoms with Crippen LogP contribution in [0.3, 0.4) is 0 Å². The van der Waals surface area contributed by atoms with Gasteiger partial charge in [-0.3, -0.25) is 4.79 Å². The van der Waals surface area contributed by atoms with E-state index in [9.17, 15) is 4.79 Å². The molecule has 1 aromatic rings. The summed E-state index contributed by atoms with van der Waals surface area (Å²) in [5.41, 5.74) is 0. The highest BCUT2D eigenvalue weighted by Gasteiger charge is 2.19. The lowest BCUT2D eigenvalue weighted by molar-refractivity contribution is -0.130. The minimum Gasteiger partial charge on any atom is -0.490 e. The van der Waals surface area contributed by atoms with Gasteiger partial charge in [0, 0.05) is 19.5 Å². The van der Waals surface area contributed by atoms with Crippen LogP contribution in [0.25, 0.3) is 0 Å². The Morgan fingerprint density at radius 2 is 2.24 bits per heavy atom. The van der Waals surface area contributed by atoms with E-state index >= 15 is 0 Å². The van der Waals surface area contributed by atoms with Crippen molar-refractivity contribution in [1.82, 2.24) is 10.2 Å². The van der Waals surface area contributed by atoms with E-state index in [4.69, 9.17) is 16.3 Å². The summed E-state index contributed by atoms with van der Waals surface area (Å²) in [7, 11) is 1.81. The zero-order valence-electron chi connectivity index (χ0n) is 12.2. The summed E-state index contributed by atoms with van der Waals surface area (Å²) in [5.74, 6) is 0.819. The van der Waals surface area contributed by atoms with E-state index in [1.165, 1.54) is 0 Å². The highest BCUT2D eigenvalue weighted by atomic mass is 35.5. The number of benzene rings is 1. The molecule has 0 radical (unpaired) electrons. The summed E-state index contributed by atoms with van der Waals surface area (Å²) in [4.78, 5) is 13.7. The predicted molar refractivity (Wildman–Crippen MR) is 87.5 cm³/mol.